The molecular formula is C14H13F6N. The van der Waals surface area contributed by atoms with E-state index in [2.05, 4.69) is 0 Å². The molecule has 1 atom stereocenters. The summed E-state index contributed by atoms with van der Waals surface area (Å²) in [4.78, 5) is 0. The van der Waals surface area contributed by atoms with Crippen LogP contribution < -0.4 is 5.73 Å². The van der Waals surface area contributed by atoms with E-state index >= 15 is 0 Å². The standard InChI is InChI=1S/C14H13F6N/c15-13(16,17)11-4-2-1-3-9(11)10-6-5-8(21)7-12(10)14(18,19)20/h2,4-6,12H,1,3,7,21H2. The Morgan fingerprint density at radius 2 is 1.71 bits per heavy atom. The molecule has 0 saturated carbocycles. The summed E-state index contributed by atoms with van der Waals surface area (Å²) in [6.45, 7) is 0. The van der Waals surface area contributed by atoms with Gasteiger partial charge < -0.3 is 5.73 Å². The van der Waals surface area contributed by atoms with Crippen molar-refractivity contribution in [3.63, 3.8) is 0 Å². The molecule has 0 spiro atoms. The smallest absolute Gasteiger partial charge is 0.402 e. The van der Waals surface area contributed by atoms with E-state index in [1.165, 1.54) is 12.2 Å². The van der Waals surface area contributed by atoms with Gasteiger partial charge in [0.15, 0.2) is 0 Å². The zero-order chi connectivity index (χ0) is 15.8. The zero-order valence-electron chi connectivity index (χ0n) is 10.9. The van der Waals surface area contributed by atoms with E-state index in [0.717, 1.165) is 12.2 Å². The Balaban J connectivity index is 2.55. The Bertz CT molecular complexity index is 545. The predicted molar refractivity (Wildman–Crippen MR) is 66.0 cm³/mol. The van der Waals surface area contributed by atoms with Crippen LogP contribution in [0.25, 0.3) is 0 Å². The molecule has 1 nitrogen and oxygen atoms in total. The van der Waals surface area contributed by atoms with Crippen LogP contribution in [0.5, 0.6) is 0 Å². The van der Waals surface area contributed by atoms with Crippen molar-refractivity contribution in [1.82, 2.24) is 0 Å². The van der Waals surface area contributed by atoms with Crippen LogP contribution in [0, 0.1) is 5.92 Å². The number of halogens is 6. The van der Waals surface area contributed by atoms with Gasteiger partial charge in [-0.3, -0.25) is 0 Å². The van der Waals surface area contributed by atoms with Crippen molar-refractivity contribution >= 4 is 0 Å². The number of nitrogens with two attached hydrogens (primary N) is 1. The van der Waals surface area contributed by atoms with E-state index in [9.17, 15) is 26.3 Å². The van der Waals surface area contributed by atoms with Gasteiger partial charge in [-0.15, -0.1) is 0 Å². The first kappa shape index (κ1) is 15.7. The molecule has 0 aromatic rings. The molecule has 21 heavy (non-hydrogen) atoms. The summed E-state index contributed by atoms with van der Waals surface area (Å²) in [7, 11) is 0. The van der Waals surface area contributed by atoms with Crippen molar-refractivity contribution in [3.8, 4) is 0 Å². The topological polar surface area (TPSA) is 26.0 Å². The van der Waals surface area contributed by atoms with Crippen molar-refractivity contribution in [3.05, 3.63) is 46.7 Å². The molecule has 2 aliphatic rings. The fraction of sp³-hybridized carbons (Fsp3) is 0.429. The first-order valence-corrected chi connectivity index (χ1v) is 6.31. The highest BCUT2D eigenvalue weighted by molar-refractivity contribution is 5.49. The molecule has 0 fully saturated rings. The molecule has 0 radical (unpaired) electrons. The van der Waals surface area contributed by atoms with Gasteiger partial charge in [-0.1, -0.05) is 18.2 Å². The number of alkyl halides is 6. The van der Waals surface area contributed by atoms with Crippen LogP contribution in [0.15, 0.2) is 46.7 Å². The van der Waals surface area contributed by atoms with Gasteiger partial charge in [0.2, 0.25) is 0 Å². The molecule has 0 heterocycles. The summed E-state index contributed by atoms with van der Waals surface area (Å²) in [5.74, 6) is -1.98. The van der Waals surface area contributed by atoms with Gasteiger partial charge >= 0.3 is 12.4 Å². The van der Waals surface area contributed by atoms with E-state index in [0.29, 0.717) is 0 Å². The van der Waals surface area contributed by atoms with Gasteiger partial charge in [-0.25, -0.2) is 0 Å². The minimum Gasteiger partial charge on any atom is -0.402 e. The maximum atomic E-state index is 13.1. The lowest BCUT2D eigenvalue weighted by atomic mass is 9.79. The molecule has 116 valence electrons. The second-order valence-corrected chi connectivity index (χ2v) is 4.99. The summed E-state index contributed by atoms with van der Waals surface area (Å²) in [6.07, 6.45) is -5.09. The number of allylic oxidation sites excluding steroid dienone is 8. The van der Waals surface area contributed by atoms with Crippen molar-refractivity contribution in [2.45, 2.75) is 31.6 Å². The van der Waals surface area contributed by atoms with Crippen molar-refractivity contribution in [2.24, 2.45) is 11.7 Å². The van der Waals surface area contributed by atoms with E-state index in [4.69, 9.17) is 5.73 Å². The van der Waals surface area contributed by atoms with Crippen LogP contribution >= 0.6 is 0 Å². The molecule has 0 aliphatic heterocycles. The van der Waals surface area contributed by atoms with Gasteiger partial charge in [-0.05, 0) is 30.1 Å². The van der Waals surface area contributed by atoms with E-state index in [1.54, 1.807) is 0 Å². The van der Waals surface area contributed by atoms with E-state index < -0.39 is 30.3 Å². The Morgan fingerprint density at radius 1 is 1.05 bits per heavy atom. The summed E-state index contributed by atoms with van der Waals surface area (Å²) in [5.41, 5.74) is 3.81. The quantitative estimate of drug-likeness (QED) is 0.707. The minimum atomic E-state index is -4.67. The van der Waals surface area contributed by atoms with Gasteiger partial charge in [0.05, 0.1) is 11.5 Å². The third-order valence-corrected chi connectivity index (χ3v) is 3.51. The van der Waals surface area contributed by atoms with Crippen LogP contribution in [-0.2, 0) is 0 Å². The molecule has 0 aromatic carbocycles. The maximum Gasteiger partial charge on any atom is 0.416 e. The normalized spacial score (nSPS) is 24.0. The lowest BCUT2D eigenvalue weighted by Crippen LogP contribution is -2.30. The van der Waals surface area contributed by atoms with Gasteiger partial charge in [0.1, 0.15) is 0 Å². The van der Waals surface area contributed by atoms with Crippen LogP contribution in [-0.4, -0.2) is 12.4 Å². The van der Waals surface area contributed by atoms with Gasteiger partial charge in [0.25, 0.3) is 0 Å². The molecular weight excluding hydrogens is 296 g/mol. The average Bonchev–Trinajstić information content (AvgIpc) is 2.36. The Morgan fingerprint density at radius 3 is 2.29 bits per heavy atom. The monoisotopic (exact) mass is 309 g/mol. The highest BCUT2D eigenvalue weighted by Crippen LogP contribution is 2.45. The third kappa shape index (κ3) is 3.33. The second-order valence-electron chi connectivity index (χ2n) is 4.99. The number of hydrogen-bond donors (Lipinski definition) is 1. The summed E-state index contributed by atoms with van der Waals surface area (Å²) < 4.78 is 78.3. The minimum absolute atomic E-state index is 0.0154. The van der Waals surface area contributed by atoms with E-state index in [1.807, 2.05) is 0 Å². The molecule has 0 aromatic heterocycles. The van der Waals surface area contributed by atoms with Crippen molar-refractivity contribution < 1.29 is 26.3 Å². The van der Waals surface area contributed by atoms with Gasteiger partial charge in [-0.2, -0.15) is 26.3 Å². The number of hydrogen-bond acceptors (Lipinski definition) is 1. The molecule has 2 aliphatic carbocycles. The summed E-state index contributed by atoms with van der Waals surface area (Å²) in [6, 6.07) is 0. The number of rotatable bonds is 1. The predicted octanol–water partition coefficient (Wildman–Crippen LogP) is 4.55. The largest absolute Gasteiger partial charge is 0.416 e. The Labute approximate surface area is 117 Å². The van der Waals surface area contributed by atoms with Crippen LogP contribution in [0.3, 0.4) is 0 Å². The second kappa shape index (κ2) is 5.27. The van der Waals surface area contributed by atoms with Gasteiger partial charge in [0, 0.05) is 12.1 Å². The lowest BCUT2D eigenvalue weighted by Gasteiger charge is -2.30. The van der Waals surface area contributed by atoms with Crippen LogP contribution in [0.4, 0.5) is 26.3 Å². The molecule has 0 saturated heterocycles. The average molecular weight is 309 g/mol. The van der Waals surface area contributed by atoms with Crippen LogP contribution in [0.1, 0.15) is 19.3 Å². The summed E-state index contributed by atoms with van der Waals surface area (Å²) >= 11 is 0. The maximum absolute atomic E-state index is 13.1. The molecule has 1 unspecified atom stereocenters. The molecule has 2 rings (SSSR count). The molecule has 2 N–H and O–H groups in total. The highest BCUT2D eigenvalue weighted by atomic mass is 19.4. The van der Waals surface area contributed by atoms with Crippen molar-refractivity contribution in [1.29, 1.82) is 0 Å². The van der Waals surface area contributed by atoms with Crippen LogP contribution in [0.2, 0.25) is 0 Å². The fourth-order valence-corrected chi connectivity index (χ4v) is 2.56. The van der Waals surface area contributed by atoms with Crippen molar-refractivity contribution in [2.75, 3.05) is 0 Å². The third-order valence-electron chi connectivity index (χ3n) is 3.51. The zero-order valence-corrected chi connectivity index (χ0v) is 10.9. The molecule has 0 bridgehead atoms. The highest BCUT2D eigenvalue weighted by Gasteiger charge is 2.46. The Hall–Kier alpha value is -1.66. The lowest BCUT2D eigenvalue weighted by molar-refractivity contribution is -0.163. The first-order valence-electron chi connectivity index (χ1n) is 6.31. The molecule has 0 amide bonds. The first-order chi connectivity index (χ1) is 9.60. The fourth-order valence-electron chi connectivity index (χ4n) is 2.56. The van der Waals surface area contributed by atoms with E-state index in [-0.39, 0.29) is 29.7 Å². The Kier molecular flexibility index (Phi) is 3.95. The SMILES string of the molecule is NC1=CC=C(C2=C(C(F)(F)F)C=CCC2)C(C(F)(F)F)C1. The summed E-state index contributed by atoms with van der Waals surface area (Å²) in [5, 5.41) is 0. The molecule has 7 heteroatoms.